The molecule has 4 atom stereocenters. The molecule has 1 aromatic heterocycles. The summed E-state index contributed by atoms with van der Waals surface area (Å²) in [6.45, 7) is -0.165. The number of hydrogen-bond donors (Lipinski definition) is 3. The molecule has 1 fully saturated rings. The van der Waals surface area contributed by atoms with Crippen molar-refractivity contribution in [3.05, 3.63) is 81.5 Å². The second-order valence-electron chi connectivity index (χ2n) is 8.17. The van der Waals surface area contributed by atoms with E-state index in [-0.39, 0.29) is 16.7 Å². The van der Waals surface area contributed by atoms with Crippen molar-refractivity contribution in [2.75, 3.05) is 26.8 Å². The van der Waals surface area contributed by atoms with Crippen LogP contribution in [0.2, 0.25) is 0 Å². The molecule has 4 rings (SSSR count). The Morgan fingerprint density at radius 2 is 2.00 bits per heavy atom. The van der Waals surface area contributed by atoms with Crippen LogP contribution in [0.15, 0.2) is 53.3 Å². The SMILES string of the molecule is C[N+]1(c2n[nH]c(=O)[nH]2)CCO[C@H](O[C@H](CO)c2cc(F)cc(C(F)(F)F)c2)[C@@H]1c1ccccc1. The van der Waals surface area contributed by atoms with E-state index in [0.29, 0.717) is 18.6 Å². The lowest BCUT2D eigenvalue weighted by atomic mass is 10.0. The van der Waals surface area contributed by atoms with Crippen LogP contribution in [0.4, 0.5) is 23.5 Å². The molecule has 0 spiro atoms. The van der Waals surface area contributed by atoms with Crippen molar-refractivity contribution in [1.29, 1.82) is 0 Å². The van der Waals surface area contributed by atoms with Crippen molar-refractivity contribution in [3.8, 4) is 0 Å². The minimum absolute atomic E-state index is 0.0442. The molecule has 3 N–H and O–H groups in total. The van der Waals surface area contributed by atoms with Crippen molar-refractivity contribution in [2.45, 2.75) is 24.6 Å². The highest BCUT2D eigenvalue weighted by molar-refractivity contribution is 5.33. The number of halogens is 4. The summed E-state index contributed by atoms with van der Waals surface area (Å²) >= 11 is 0. The maximum Gasteiger partial charge on any atom is 0.416 e. The third-order valence-corrected chi connectivity index (χ3v) is 5.91. The summed E-state index contributed by atoms with van der Waals surface area (Å²) in [6.07, 6.45) is -7.15. The van der Waals surface area contributed by atoms with Gasteiger partial charge in [0.15, 0.2) is 6.04 Å². The zero-order valence-corrected chi connectivity index (χ0v) is 18.1. The van der Waals surface area contributed by atoms with Gasteiger partial charge >= 0.3 is 17.8 Å². The normalized spacial score (nSPS) is 24.2. The van der Waals surface area contributed by atoms with Crippen LogP contribution in [-0.2, 0) is 15.7 Å². The highest BCUT2D eigenvalue weighted by atomic mass is 19.4. The Balaban J connectivity index is 1.73. The molecule has 8 nitrogen and oxygen atoms in total. The van der Waals surface area contributed by atoms with Gasteiger partial charge in [-0.05, 0) is 23.8 Å². The molecule has 0 saturated carbocycles. The summed E-state index contributed by atoms with van der Waals surface area (Å²) in [5.41, 5.74) is -1.13. The Hall–Kier alpha value is -3.06. The van der Waals surface area contributed by atoms with Crippen LogP contribution in [-0.4, -0.2) is 53.4 Å². The first-order valence-corrected chi connectivity index (χ1v) is 10.4. The number of aromatic amines is 2. The van der Waals surface area contributed by atoms with Crippen molar-refractivity contribution in [3.63, 3.8) is 0 Å². The minimum atomic E-state index is -4.77. The summed E-state index contributed by atoms with van der Waals surface area (Å²) in [5.74, 6) is -0.799. The number of benzene rings is 2. The lowest BCUT2D eigenvalue weighted by Gasteiger charge is -2.45. The molecule has 12 heteroatoms. The van der Waals surface area contributed by atoms with E-state index in [2.05, 4.69) is 15.2 Å². The first-order chi connectivity index (χ1) is 16.1. The minimum Gasteiger partial charge on any atom is -0.393 e. The third-order valence-electron chi connectivity index (χ3n) is 5.91. The van der Waals surface area contributed by atoms with Gasteiger partial charge < -0.3 is 14.6 Å². The third kappa shape index (κ3) is 4.75. The number of nitrogens with one attached hydrogen (secondary N) is 2. The number of morpholine rings is 1. The number of aliphatic hydroxyl groups is 1. The Morgan fingerprint density at radius 1 is 1.26 bits per heavy atom. The number of H-pyrrole nitrogens is 2. The molecular weight excluding hydrogens is 460 g/mol. The Morgan fingerprint density at radius 3 is 2.62 bits per heavy atom. The number of quaternary nitrogens is 1. The molecule has 1 aliphatic heterocycles. The standard InChI is InChI=1S/C22H22F4N4O4/c1-30(20-27-21(32)29-28-20)7-8-33-19(18(30)13-5-3-2-4-6-13)34-17(12-31)14-9-15(22(24,25)26)11-16(23)10-14/h2-6,9-11,17-19,31H,7-8,12H2,1H3,(H-,27,28,29,32)/p+1/t17-,18+,19-,30?/m1/s1. The number of nitrogens with zero attached hydrogens (tertiary/aromatic N) is 2. The van der Waals surface area contributed by atoms with Gasteiger partial charge in [-0.1, -0.05) is 35.4 Å². The average Bonchev–Trinajstić information content (AvgIpc) is 3.24. The zero-order valence-electron chi connectivity index (χ0n) is 18.1. The number of aliphatic hydroxyl groups excluding tert-OH is 1. The van der Waals surface area contributed by atoms with Gasteiger partial charge in [0.2, 0.25) is 6.29 Å². The molecule has 2 aromatic carbocycles. The molecule has 1 saturated heterocycles. The number of alkyl halides is 3. The topological polar surface area (TPSA) is 100 Å². The lowest BCUT2D eigenvalue weighted by molar-refractivity contribution is -0.232. The van der Waals surface area contributed by atoms with Crippen molar-refractivity contribution in [1.82, 2.24) is 19.7 Å². The van der Waals surface area contributed by atoms with Crippen LogP contribution >= 0.6 is 0 Å². The molecule has 2 heterocycles. The molecule has 1 aliphatic rings. The Kier molecular flexibility index (Phi) is 6.58. The summed E-state index contributed by atoms with van der Waals surface area (Å²) in [6, 6.07) is 10.4. The predicted molar refractivity (Wildman–Crippen MR) is 113 cm³/mol. The van der Waals surface area contributed by atoms with Gasteiger partial charge in [0.05, 0.1) is 25.8 Å². The number of ether oxygens (including phenoxy) is 2. The van der Waals surface area contributed by atoms with Gasteiger partial charge in [-0.2, -0.15) is 13.2 Å². The Labute approximate surface area is 191 Å². The van der Waals surface area contributed by atoms with E-state index in [1.165, 1.54) is 0 Å². The summed E-state index contributed by atoms with van der Waals surface area (Å²) in [4.78, 5) is 14.4. The van der Waals surface area contributed by atoms with E-state index in [0.717, 1.165) is 17.7 Å². The van der Waals surface area contributed by atoms with Gasteiger partial charge in [0, 0.05) is 5.56 Å². The monoisotopic (exact) mass is 483 g/mol. The quantitative estimate of drug-likeness (QED) is 0.370. The molecule has 1 unspecified atom stereocenters. The molecular formula is C22H23F4N4O4+. The smallest absolute Gasteiger partial charge is 0.393 e. The second kappa shape index (κ2) is 9.29. The second-order valence-corrected chi connectivity index (χ2v) is 8.17. The van der Waals surface area contributed by atoms with Gasteiger partial charge in [-0.3, -0.25) is 0 Å². The molecule has 0 bridgehead atoms. The van der Waals surface area contributed by atoms with E-state index in [4.69, 9.17) is 9.47 Å². The molecule has 3 aromatic rings. The fourth-order valence-electron chi connectivity index (χ4n) is 4.20. The first kappa shape index (κ1) is 24.1. The molecule has 182 valence electrons. The van der Waals surface area contributed by atoms with Crippen LogP contribution in [0.1, 0.15) is 28.8 Å². The van der Waals surface area contributed by atoms with Gasteiger partial charge in [-0.15, -0.1) is 0 Å². The van der Waals surface area contributed by atoms with Gasteiger partial charge in [0.1, 0.15) is 18.5 Å². The van der Waals surface area contributed by atoms with Crippen LogP contribution in [0.5, 0.6) is 0 Å². The van der Waals surface area contributed by atoms with Gasteiger partial charge in [0.25, 0.3) is 0 Å². The first-order valence-electron chi connectivity index (χ1n) is 10.4. The van der Waals surface area contributed by atoms with E-state index in [9.17, 15) is 27.5 Å². The van der Waals surface area contributed by atoms with Crippen molar-refractivity contribution >= 4 is 5.95 Å². The van der Waals surface area contributed by atoms with E-state index >= 15 is 0 Å². The van der Waals surface area contributed by atoms with Gasteiger partial charge in [-0.25, -0.2) is 23.8 Å². The number of likely N-dealkylation sites (N-methyl/N-ethyl adjacent to an activating group) is 1. The summed E-state index contributed by atoms with van der Waals surface area (Å²) in [5, 5.41) is 16.4. The summed E-state index contributed by atoms with van der Waals surface area (Å²) in [7, 11) is 1.81. The maximum atomic E-state index is 14.0. The fourth-order valence-corrected chi connectivity index (χ4v) is 4.20. The van der Waals surface area contributed by atoms with Crippen LogP contribution in [0.3, 0.4) is 0 Å². The number of rotatable bonds is 6. The van der Waals surface area contributed by atoms with Crippen molar-refractivity contribution in [2.24, 2.45) is 0 Å². The molecule has 0 aliphatic carbocycles. The van der Waals surface area contributed by atoms with E-state index in [1.54, 1.807) is 19.2 Å². The highest BCUT2D eigenvalue weighted by Crippen LogP contribution is 2.40. The fraction of sp³-hybridized carbons (Fsp3) is 0.364. The number of hydrogen-bond acceptors (Lipinski definition) is 5. The summed E-state index contributed by atoms with van der Waals surface area (Å²) < 4.78 is 65.5. The maximum absolute atomic E-state index is 14.0. The van der Waals surface area contributed by atoms with Crippen LogP contribution in [0.25, 0.3) is 0 Å². The number of aromatic nitrogens is 3. The van der Waals surface area contributed by atoms with Crippen LogP contribution < -0.4 is 10.2 Å². The Bertz CT molecular complexity index is 1180. The predicted octanol–water partition coefficient (Wildman–Crippen LogP) is 3.04. The average molecular weight is 483 g/mol. The van der Waals surface area contributed by atoms with Crippen LogP contribution in [0, 0.1) is 5.82 Å². The lowest BCUT2D eigenvalue weighted by Crippen LogP contribution is -2.60. The largest absolute Gasteiger partial charge is 0.416 e. The van der Waals surface area contributed by atoms with E-state index < -0.39 is 48.3 Å². The zero-order chi connectivity index (χ0) is 24.5. The molecule has 0 radical (unpaired) electrons. The van der Waals surface area contributed by atoms with Crippen molar-refractivity contribution < 1.29 is 32.1 Å². The molecule has 34 heavy (non-hydrogen) atoms. The highest BCUT2D eigenvalue weighted by Gasteiger charge is 2.49. The molecule has 0 amide bonds. The van der Waals surface area contributed by atoms with E-state index in [1.807, 2.05) is 18.2 Å².